The summed E-state index contributed by atoms with van der Waals surface area (Å²) in [6, 6.07) is 8.49. The Hall–Kier alpha value is -2.03. The van der Waals surface area contributed by atoms with Gasteiger partial charge in [0.15, 0.2) is 0 Å². The van der Waals surface area contributed by atoms with Crippen molar-refractivity contribution in [2.75, 3.05) is 44.2 Å². The second-order valence-corrected chi connectivity index (χ2v) is 13.4. The molecule has 2 aliphatic heterocycles. The summed E-state index contributed by atoms with van der Waals surface area (Å²) in [6.07, 6.45) is 6.22. The predicted molar refractivity (Wildman–Crippen MR) is 144 cm³/mol. The molecule has 1 aromatic carbocycles. The van der Waals surface area contributed by atoms with Gasteiger partial charge < -0.3 is 10.0 Å². The van der Waals surface area contributed by atoms with Gasteiger partial charge in [-0.2, -0.15) is 4.37 Å². The lowest BCUT2D eigenvalue weighted by atomic mass is 9.73. The molecule has 1 unspecified atom stereocenters. The van der Waals surface area contributed by atoms with Gasteiger partial charge in [-0.3, -0.25) is 19.4 Å². The number of aliphatic hydroxyl groups is 1. The summed E-state index contributed by atoms with van der Waals surface area (Å²) in [4.78, 5) is 33.5. The fourth-order valence-corrected chi connectivity index (χ4v) is 9.40. The molecule has 2 aromatic rings. The average molecular weight is 523 g/mol. The topological polar surface area (TPSA) is 77.0 Å². The normalized spacial score (nSPS) is 38.2. The molecule has 198 valence electrons. The van der Waals surface area contributed by atoms with Crippen molar-refractivity contribution in [3.8, 4) is 0 Å². The molecule has 1 aromatic heterocycles. The van der Waals surface area contributed by atoms with Gasteiger partial charge in [-0.05, 0) is 74.0 Å². The van der Waals surface area contributed by atoms with E-state index in [0.29, 0.717) is 24.8 Å². The number of fused-ring (bicyclic) bond motifs is 6. The number of likely N-dealkylation sites (tertiary alicyclic amines) is 1. The summed E-state index contributed by atoms with van der Waals surface area (Å²) in [6.45, 7) is 7.53. The first-order valence-corrected chi connectivity index (χ1v) is 15.1. The van der Waals surface area contributed by atoms with E-state index in [-0.39, 0.29) is 35.5 Å². The lowest BCUT2D eigenvalue weighted by Crippen LogP contribution is -2.49. The number of carbonyl (C=O) groups excluding carboxylic acids is 2. The maximum Gasteiger partial charge on any atom is 0.233 e. The lowest BCUT2D eigenvalue weighted by molar-refractivity contribution is -0.142. The average Bonchev–Trinajstić information content (AvgIpc) is 3.62. The van der Waals surface area contributed by atoms with Crippen LogP contribution in [0.2, 0.25) is 0 Å². The van der Waals surface area contributed by atoms with E-state index >= 15 is 0 Å². The van der Waals surface area contributed by atoms with Crippen LogP contribution in [0.4, 0.5) is 5.82 Å². The third kappa shape index (κ3) is 3.93. The Morgan fingerprint density at radius 2 is 1.70 bits per heavy atom. The van der Waals surface area contributed by atoms with Crippen molar-refractivity contribution >= 4 is 39.3 Å². The number of rotatable bonds is 5. The van der Waals surface area contributed by atoms with E-state index in [1.165, 1.54) is 29.3 Å². The number of carbonyl (C=O) groups is 2. The van der Waals surface area contributed by atoms with Gasteiger partial charge in [0.2, 0.25) is 11.8 Å². The Bertz CT molecular complexity index is 1200. The lowest BCUT2D eigenvalue weighted by Gasteiger charge is -2.40. The van der Waals surface area contributed by atoms with Crippen LogP contribution in [0, 0.1) is 35.5 Å². The molecule has 3 aliphatic carbocycles. The van der Waals surface area contributed by atoms with Gasteiger partial charge in [0, 0.05) is 50.6 Å². The first-order chi connectivity index (χ1) is 17.9. The van der Waals surface area contributed by atoms with Crippen molar-refractivity contribution in [2.24, 2.45) is 35.5 Å². The smallest absolute Gasteiger partial charge is 0.233 e. The standard InChI is InChI=1S/C29H38N4O3S/c1-29(36)15-20-14-22(29)25-24(20)27(34)33(28(25)35)17-19-7-3-2-6-18(19)16-31-10-12-32(13-11-31)26-21-8-4-5-9-23(21)37-30-26/h4-5,8-9,18-20,22,24-25,36H,2-3,6-7,10-17H2,1H3/t18-,19?,20-,22-,24-,25+,29-/m0/s1. The molecule has 3 heterocycles. The SMILES string of the molecule is C[C@]1(O)C[C@@H]2C[C@H]1[C@H]1C(=O)N(CC3CCCC[C@H]3CN3CCN(c4nsc5ccccc45)CC3)C(=O)[C@@H]21. The van der Waals surface area contributed by atoms with E-state index in [2.05, 4.69) is 34.1 Å². The van der Waals surface area contributed by atoms with Gasteiger partial charge in [0.05, 0.1) is 22.1 Å². The molecule has 3 saturated carbocycles. The monoisotopic (exact) mass is 522 g/mol. The summed E-state index contributed by atoms with van der Waals surface area (Å²) in [7, 11) is 0. The molecule has 0 spiro atoms. The van der Waals surface area contributed by atoms with E-state index < -0.39 is 5.60 Å². The minimum atomic E-state index is -0.794. The zero-order chi connectivity index (χ0) is 25.3. The summed E-state index contributed by atoms with van der Waals surface area (Å²) in [5.74, 6) is 1.80. The van der Waals surface area contributed by atoms with E-state index in [4.69, 9.17) is 4.37 Å². The van der Waals surface area contributed by atoms with Crippen molar-refractivity contribution in [1.29, 1.82) is 0 Å². The van der Waals surface area contributed by atoms with Gasteiger partial charge in [-0.25, -0.2) is 0 Å². The van der Waals surface area contributed by atoms with Gasteiger partial charge in [0.1, 0.15) is 5.82 Å². The summed E-state index contributed by atoms with van der Waals surface area (Å²) < 4.78 is 6.00. The largest absolute Gasteiger partial charge is 0.390 e. The molecule has 1 N–H and O–H groups in total. The third-order valence-corrected chi connectivity index (χ3v) is 11.3. The fourth-order valence-electron chi connectivity index (χ4n) is 8.60. The van der Waals surface area contributed by atoms with Crippen molar-refractivity contribution in [3.05, 3.63) is 24.3 Å². The van der Waals surface area contributed by atoms with Crippen LogP contribution < -0.4 is 4.90 Å². The van der Waals surface area contributed by atoms with E-state index in [1.807, 2.05) is 6.92 Å². The Morgan fingerprint density at radius 3 is 2.49 bits per heavy atom. The van der Waals surface area contributed by atoms with Crippen LogP contribution >= 0.6 is 11.5 Å². The van der Waals surface area contributed by atoms with Gasteiger partial charge in [-0.1, -0.05) is 25.0 Å². The zero-order valence-electron chi connectivity index (χ0n) is 21.7. The van der Waals surface area contributed by atoms with Gasteiger partial charge in [-0.15, -0.1) is 0 Å². The highest BCUT2D eigenvalue weighted by Gasteiger charge is 2.67. The molecular formula is C29H38N4O3S. The Morgan fingerprint density at radius 1 is 1.00 bits per heavy atom. The van der Waals surface area contributed by atoms with Crippen molar-refractivity contribution in [3.63, 3.8) is 0 Å². The zero-order valence-corrected chi connectivity index (χ0v) is 22.5. The molecule has 8 heteroatoms. The van der Waals surface area contributed by atoms with Crippen LogP contribution in [0.5, 0.6) is 0 Å². The molecule has 5 aliphatic rings. The van der Waals surface area contributed by atoms with E-state index in [9.17, 15) is 14.7 Å². The number of benzene rings is 1. The highest BCUT2D eigenvalue weighted by molar-refractivity contribution is 7.13. The van der Waals surface area contributed by atoms with Crippen LogP contribution in [0.3, 0.4) is 0 Å². The van der Waals surface area contributed by atoms with Crippen LogP contribution in [0.1, 0.15) is 45.4 Å². The summed E-state index contributed by atoms with van der Waals surface area (Å²) >= 11 is 1.58. The molecule has 0 radical (unpaired) electrons. The van der Waals surface area contributed by atoms with Crippen LogP contribution in [0.15, 0.2) is 24.3 Å². The number of imide groups is 1. The maximum atomic E-state index is 13.5. The minimum absolute atomic E-state index is 0.0101. The number of piperazine rings is 1. The quantitative estimate of drug-likeness (QED) is 0.605. The molecular weight excluding hydrogens is 484 g/mol. The molecule has 2 bridgehead atoms. The number of anilines is 1. The van der Waals surface area contributed by atoms with E-state index in [1.54, 1.807) is 16.4 Å². The molecule has 7 atom stereocenters. The van der Waals surface area contributed by atoms with E-state index in [0.717, 1.165) is 51.4 Å². The predicted octanol–water partition coefficient (Wildman–Crippen LogP) is 3.62. The van der Waals surface area contributed by atoms with Gasteiger partial charge in [0.25, 0.3) is 0 Å². The Balaban J connectivity index is 0.991. The highest BCUT2D eigenvalue weighted by Crippen LogP contribution is 2.60. The number of amides is 2. The number of aromatic nitrogens is 1. The molecule has 7 rings (SSSR count). The fraction of sp³-hybridized carbons (Fsp3) is 0.690. The highest BCUT2D eigenvalue weighted by atomic mass is 32.1. The third-order valence-electron chi connectivity index (χ3n) is 10.5. The molecule has 5 fully saturated rings. The minimum Gasteiger partial charge on any atom is -0.390 e. The first kappa shape index (κ1) is 24.0. The van der Waals surface area contributed by atoms with Gasteiger partial charge >= 0.3 is 0 Å². The summed E-state index contributed by atoms with van der Waals surface area (Å²) in [5.41, 5.74) is -0.794. The Labute approximate surface area is 223 Å². The second kappa shape index (κ2) is 9.02. The summed E-state index contributed by atoms with van der Waals surface area (Å²) in [5, 5.41) is 12.1. The van der Waals surface area contributed by atoms with Crippen LogP contribution in [-0.4, -0.2) is 76.0 Å². The maximum absolute atomic E-state index is 13.5. The Kier molecular flexibility index (Phi) is 5.86. The van der Waals surface area contributed by atoms with Crippen molar-refractivity contribution in [2.45, 2.75) is 51.0 Å². The molecule has 7 nitrogen and oxygen atoms in total. The molecule has 2 amide bonds. The van der Waals surface area contributed by atoms with Crippen molar-refractivity contribution in [1.82, 2.24) is 14.2 Å². The number of nitrogens with zero attached hydrogens (tertiary/aromatic N) is 4. The van der Waals surface area contributed by atoms with Crippen LogP contribution in [-0.2, 0) is 9.59 Å². The number of hydrogen-bond acceptors (Lipinski definition) is 7. The van der Waals surface area contributed by atoms with Crippen molar-refractivity contribution < 1.29 is 14.7 Å². The second-order valence-electron chi connectivity index (χ2n) is 12.6. The number of hydrogen-bond donors (Lipinski definition) is 1. The first-order valence-electron chi connectivity index (χ1n) is 14.3. The van der Waals surface area contributed by atoms with Crippen LogP contribution in [0.25, 0.3) is 10.1 Å². The molecule has 2 saturated heterocycles. The molecule has 37 heavy (non-hydrogen) atoms.